The fourth-order valence-electron chi connectivity index (χ4n) is 1.82. The lowest BCUT2D eigenvalue weighted by molar-refractivity contribution is 0.105. The van der Waals surface area contributed by atoms with Crippen molar-refractivity contribution in [2.24, 2.45) is 5.92 Å². The van der Waals surface area contributed by atoms with Crippen LogP contribution in [0.2, 0.25) is 0 Å². The Labute approximate surface area is 107 Å². The van der Waals surface area contributed by atoms with Gasteiger partial charge in [0.25, 0.3) is 0 Å². The third-order valence-corrected chi connectivity index (χ3v) is 3.16. The monoisotopic (exact) mass is 246 g/mol. The van der Waals surface area contributed by atoms with Gasteiger partial charge in [-0.05, 0) is 24.5 Å². The standard InChI is InChI=1S/C14H18N2O2/c1-10-6-13(10)16-8-12(17)9-18-14-5-3-2-4-11(14)7-15/h2-5,10,12-13,16-17H,6,8-9H2,1H3. The van der Waals surface area contributed by atoms with Crippen molar-refractivity contribution < 1.29 is 9.84 Å². The van der Waals surface area contributed by atoms with Crippen LogP contribution in [0.4, 0.5) is 0 Å². The summed E-state index contributed by atoms with van der Waals surface area (Å²) in [6.45, 7) is 2.92. The summed E-state index contributed by atoms with van der Waals surface area (Å²) in [6, 6.07) is 9.65. The van der Waals surface area contributed by atoms with Crippen LogP contribution >= 0.6 is 0 Å². The molecule has 1 fully saturated rings. The number of para-hydroxylation sites is 1. The molecule has 1 saturated carbocycles. The first-order valence-electron chi connectivity index (χ1n) is 6.24. The van der Waals surface area contributed by atoms with Gasteiger partial charge in [0, 0.05) is 12.6 Å². The van der Waals surface area contributed by atoms with E-state index >= 15 is 0 Å². The molecule has 3 unspecified atom stereocenters. The number of nitrogens with one attached hydrogen (secondary N) is 1. The van der Waals surface area contributed by atoms with Gasteiger partial charge in [-0.25, -0.2) is 0 Å². The van der Waals surface area contributed by atoms with Crippen LogP contribution in [0.5, 0.6) is 5.75 Å². The zero-order valence-electron chi connectivity index (χ0n) is 10.5. The first kappa shape index (κ1) is 12.9. The molecule has 0 saturated heterocycles. The topological polar surface area (TPSA) is 65.3 Å². The Hall–Kier alpha value is -1.57. The van der Waals surface area contributed by atoms with E-state index in [0.29, 0.717) is 23.9 Å². The zero-order valence-corrected chi connectivity index (χ0v) is 10.5. The van der Waals surface area contributed by atoms with Crippen LogP contribution in [0.1, 0.15) is 18.9 Å². The highest BCUT2D eigenvalue weighted by Crippen LogP contribution is 2.28. The number of aliphatic hydroxyl groups excluding tert-OH is 1. The van der Waals surface area contributed by atoms with E-state index < -0.39 is 6.10 Å². The average molecular weight is 246 g/mol. The van der Waals surface area contributed by atoms with Crippen molar-refractivity contribution in [3.63, 3.8) is 0 Å². The van der Waals surface area contributed by atoms with Gasteiger partial charge >= 0.3 is 0 Å². The molecular weight excluding hydrogens is 228 g/mol. The minimum absolute atomic E-state index is 0.201. The minimum Gasteiger partial charge on any atom is -0.489 e. The molecule has 3 atom stereocenters. The number of aliphatic hydroxyl groups is 1. The van der Waals surface area contributed by atoms with Crippen molar-refractivity contribution in [2.45, 2.75) is 25.5 Å². The van der Waals surface area contributed by atoms with E-state index in [1.165, 1.54) is 6.42 Å². The summed E-state index contributed by atoms with van der Waals surface area (Å²) in [5.74, 6) is 1.25. The molecule has 18 heavy (non-hydrogen) atoms. The Morgan fingerprint density at radius 1 is 1.56 bits per heavy atom. The molecule has 1 aromatic rings. The van der Waals surface area contributed by atoms with E-state index in [2.05, 4.69) is 18.3 Å². The summed E-state index contributed by atoms with van der Waals surface area (Å²) in [6.07, 6.45) is 0.634. The molecule has 0 bridgehead atoms. The summed E-state index contributed by atoms with van der Waals surface area (Å²) < 4.78 is 5.46. The van der Waals surface area contributed by atoms with E-state index in [0.717, 1.165) is 5.92 Å². The number of rotatable bonds is 6. The van der Waals surface area contributed by atoms with E-state index in [9.17, 15) is 5.11 Å². The van der Waals surface area contributed by atoms with Crippen LogP contribution < -0.4 is 10.1 Å². The van der Waals surface area contributed by atoms with Gasteiger partial charge < -0.3 is 15.2 Å². The Morgan fingerprint density at radius 3 is 2.94 bits per heavy atom. The van der Waals surface area contributed by atoms with Gasteiger partial charge in [-0.3, -0.25) is 0 Å². The third kappa shape index (κ3) is 3.46. The van der Waals surface area contributed by atoms with E-state index in [1.807, 2.05) is 6.07 Å². The second-order valence-electron chi connectivity index (χ2n) is 4.80. The van der Waals surface area contributed by atoms with Gasteiger partial charge in [0.2, 0.25) is 0 Å². The summed E-state index contributed by atoms with van der Waals surface area (Å²) in [5, 5.41) is 21.9. The van der Waals surface area contributed by atoms with Crippen molar-refractivity contribution >= 4 is 0 Å². The quantitative estimate of drug-likeness (QED) is 0.794. The smallest absolute Gasteiger partial charge is 0.137 e. The number of nitrogens with zero attached hydrogens (tertiary/aromatic N) is 1. The van der Waals surface area contributed by atoms with Gasteiger partial charge in [0.05, 0.1) is 5.56 Å². The lowest BCUT2D eigenvalue weighted by atomic mass is 10.2. The third-order valence-electron chi connectivity index (χ3n) is 3.16. The van der Waals surface area contributed by atoms with Gasteiger partial charge in [-0.2, -0.15) is 5.26 Å². The van der Waals surface area contributed by atoms with Crippen molar-refractivity contribution in [2.75, 3.05) is 13.2 Å². The van der Waals surface area contributed by atoms with Crippen molar-refractivity contribution in [1.29, 1.82) is 5.26 Å². The maximum Gasteiger partial charge on any atom is 0.137 e. The second-order valence-corrected chi connectivity index (χ2v) is 4.80. The second kappa shape index (κ2) is 5.85. The molecule has 0 radical (unpaired) electrons. The lowest BCUT2D eigenvalue weighted by Crippen LogP contribution is -2.33. The van der Waals surface area contributed by atoms with Crippen LogP contribution in [-0.4, -0.2) is 30.4 Å². The largest absolute Gasteiger partial charge is 0.489 e. The molecule has 2 rings (SSSR count). The maximum absolute atomic E-state index is 9.77. The van der Waals surface area contributed by atoms with Gasteiger partial charge in [0.15, 0.2) is 0 Å². The molecule has 1 aromatic carbocycles. The summed E-state index contributed by atoms with van der Waals surface area (Å²) >= 11 is 0. The predicted molar refractivity (Wildman–Crippen MR) is 68.2 cm³/mol. The Bertz CT molecular complexity index is 442. The molecule has 1 aliphatic carbocycles. The highest BCUT2D eigenvalue weighted by atomic mass is 16.5. The number of benzene rings is 1. The number of hydrogen-bond acceptors (Lipinski definition) is 4. The molecule has 0 amide bonds. The molecule has 0 aromatic heterocycles. The molecular formula is C14H18N2O2. The molecule has 0 spiro atoms. The Kier molecular flexibility index (Phi) is 4.19. The molecule has 96 valence electrons. The predicted octanol–water partition coefficient (Wildman–Crippen LogP) is 1.30. The van der Waals surface area contributed by atoms with Crippen LogP contribution in [0.25, 0.3) is 0 Å². The Morgan fingerprint density at radius 2 is 2.28 bits per heavy atom. The van der Waals surface area contributed by atoms with E-state index in [1.54, 1.807) is 18.2 Å². The lowest BCUT2D eigenvalue weighted by Gasteiger charge is -2.13. The first-order valence-corrected chi connectivity index (χ1v) is 6.24. The number of ether oxygens (including phenoxy) is 1. The molecule has 0 heterocycles. The summed E-state index contributed by atoms with van der Waals surface area (Å²) in [7, 11) is 0. The molecule has 4 heteroatoms. The van der Waals surface area contributed by atoms with Gasteiger partial charge in [0.1, 0.15) is 24.5 Å². The van der Waals surface area contributed by atoms with Crippen molar-refractivity contribution in [1.82, 2.24) is 5.32 Å². The highest BCUT2D eigenvalue weighted by molar-refractivity contribution is 5.42. The normalized spacial score (nSPS) is 23.2. The van der Waals surface area contributed by atoms with Gasteiger partial charge in [-0.1, -0.05) is 19.1 Å². The SMILES string of the molecule is CC1CC1NCC(O)COc1ccccc1C#N. The molecule has 2 N–H and O–H groups in total. The van der Waals surface area contributed by atoms with Crippen LogP contribution in [0, 0.1) is 17.2 Å². The minimum atomic E-state index is -0.551. The number of hydrogen-bond donors (Lipinski definition) is 2. The Balaban J connectivity index is 1.75. The number of nitriles is 1. The fourth-order valence-corrected chi connectivity index (χ4v) is 1.82. The van der Waals surface area contributed by atoms with Crippen LogP contribution in [-0.2, 0) is 0 Å². The first-order chi connectivity index (χ1) is 8.70. The van der Waals surface area contributed by atoms with Crippen molar-refractivity contribution in [3.05, 3.63) is 29.8 Å². The van der Waals surface area contributed by atoms with E-state index in [4.69, 9.17) is 10.00 Å². The molecule has 1 aliphatic rings. The summed E-state index contributed by atoms with van der Waals surface area (Å²) in [5.41, 5.74) is 0.494. The molecule has 0 aliphatic heterocycles. The van der Waals surface area contributed by atoms with Crippen molar-refractivity contribution in [3.8, 4) is 11.8 Å². The van der Waals surface area contributed by atoms with E-state index in [-0.39, 0.29) is 6.61 Å². The van der Waals surface area contributed by atoms with Crippen LogP contribution in [0.3, 0.4) is 0 Å². The molecule has 4 nitrogen and oxygen atoms in total. The zero-order chi connectivity index (χ0) is 13.0. The summed E-state index contributed by atoms with van der Waals surface area (Å²) in [4.78, 5) is 0. The average Bonchev–Trinajstić information content (AvgIpc) is 3.10. The maximum atomic E-state index is 9.77. The van der Waals surface area contributed by atoms with Gasteiger partial charge in [-0.15, -0.1) is 0 Å². The highest BCUT2D eigenvalue weighted by Gasteiger charge is 2.32. The fraction of sp³-hybridized carbons (Fsp3) is 0.500. The van der Waals surface area contributed by atoms with Crippen LogP contribution in [0.15, 0.2) is 24.3 Å².